The molecular formula is C12H25ClN2O2. The minimum Gasteiger partial charge on any atom is -0.385 e. The minimum atomic E-state index is 0. The summed E-state index contributed by atoms with van der Waals surface area (Å²) < 4.78 is 4.94. The molecule has 0 aromatic heterocycles. The van der Waals surface area contributed by atoms with Gasteiger partial charge in [0.25, 0.3) is 0 Å². The Balaban J connectivity index is 0.00000256. The number of carbonyl (C=O) groups excluding carboxylic acids is 1. The number of ether oxygens (including phenoxy) is 1. The van der Waals surface area contributed by atoms with Crippen molar-refractivity contribution in [2.45, 2.75) is 38.6 Å². The number of piperidine rings is 1. The number of likely N-dealkylation sites (tertiary alicyclic amines) is 1. The van der Waals surface area contributed by atoms with Crippen molar-refractivity contribution >= 4 is 18.3 Å². The van der Waals surface area contributed by atoms with Crippen LogP contribution in [0.3, 0.4) is 0 Å². The standard InChI is InChI=1S/C12H24N2O2.ClH/c1-10(13)11-5-7-14(8-6-11)12(15)4-3-9-16-2;/h10-11H,3-9,13H2,1-2H3;1H. The van der Waals surface area contributed by atoms with Gasteiger partial charge in [0.05, 0.1) is 0 Å². The van der Waals surface area contributed by atoms with Gasteiger partial charge in [0.2, 0.25) is 5.91 Å². The van der Waals surface area contributed by atoms with Crippen molar-refractivity contribution in [3.63, 3.8) is 0 Å². The zero-order valence-electron chi connectivity index (χ0n) is 10.9. The summed E-state index contributed by atoms with van der Waals surface area (Å²) in [4.78, 5) is 13.8. The summed E-state index contributed by atoms with van der Waals surface area (Å²) in [7, 11) is 1.67. The van der Waals surface area contributed by atoms with Crippen molar-refractivity contribution in [2.24, 2.45) is 11.7 Å². The molecule has 0 aliphatic carbocycles. The van der Waals surface area contributed by atoms with E-state index < -0.39 is 0 Å². The predicted octanol–water partition coefficient (Wildman–Crippen LogP) is 1.42. The van der Waals surface area contributed by atoms with Crippen LogP contribution in [0.4, 0.5) is 0 Å². The van der Waals surface area contributed by atoms with E-state index in [1.165, 1.54) is 0 Å². The van der Waals surface area contributed by atoms with Gasteiger partial charge >= 0.3 is 0 Å². The van der Waals surface area contributed by atoms with Gasteiger partial charge in [-0.3, -0.25) is 4.79 Å². The summed E-state index contributed by atoms with van der Waals surface area (Å²) in [5, 5.41) is 0. The molecule has 0 spiro atoms. The second-order valence-electron chi connectivity index (χ2n) is 4.67. The van der Waals surface area contributed by atoms with Crippen LogP contribution in [-0.2, 0) is 9.53 Å². The molecule has 17 heavy (non-hydrogen) atoms. The largest absolute Gasteiger partial charge is 0.385 e. The maximum atomic E-state index is 11.8. The normalized spacial score (nSPS) is 18.6. The zero-order chi connectivity index (χ0) is 12.0. The number of methoxy groups -OCH3 is 1. The fourth-order valence-corrected chi connectivity index (χ4v) is 2.20. The van der Waals surface area contributed by atoms with Crippen molar-refractivity contribution < 1.29 is 9.53 Å². The molecule has 0 bridgehead atoms. The fraction of sp³-hybridized carbons (Fsp3) is 0.917. The van der Waals surface area contributed by atoms with Gasteiger partial charge in [0, 0.05) is 39.3 Å². The summed E-state index contributed by atoms with van der Waals surface area (Å²) in [6.07, 6.45) is 3.53. The molecule has 0 radical (unpaired) electrons. The number of rotatable bonds is 5. The van der Waals surface area contributed by atoms with Crippen LogP contribution in [-0.4, -0.2) is 43.7 Å². The van der Waals surface area contributed by atoms with Crippen LogP contribution < -0.4 is 5.73 Å². The van der Waals surface area contributed by atoms with Gasteiger partial charge in [-0.2, -0.15) is 0 Å². The SMILES string of the molecule is COCCCC(=O)N1CCC(C(C)N)CC1.Cl. The predicted molar refractivity (Wildman–Crippen MR) is 71.3 cm³/mol. The lowest BCUT2D eigenvalue weighted by molar-refractivity contribution is -0.133. The molecule has 0 aromatic carbocycles. The van der Waals surface area contributed by atoms with Gasteiger partial charge in [0.1, 0.15) is 0 Å². The second kappa shape index (κ2) is 8.72. The molecule has 1 saturated heterocycles. The Morgan fingerprint density at radius 1 is 1.47 bits per heavy atom. The molecule has 102 valence electrons. The number of hydrogen-bond acceptors (Lipinski definition) is 3. The third-order valence-corrected chi connectivity index (χ3v) is 3.37. The number of amides is 1. The van der Waals surface area contributed by atoms with Crippen molar-refractivity contribution in [3.05, 3.63) is 0 Å². The second-order valence-corrected chi connectivity index (χ2v) is 4.67. The van der Waals surface area contributed by atoms with Gasteiger partial charge in [0.15, 0.2) is 0 Å². The average Bonchev–Trinajstić information content (AvgIpc) is 2.29. The molecule has 0 aromatic rings. The molecule has 1 aliphatic rings. The van der Waals surface area contributed by atoms with Gasteiger partial charge in [-0.05, 0) is 32.1 Å². The van der Waals surface area contributed by atoms with E-state index in [1.54, 1.807) is 7.11 Å². The Morgan fingerprint density at radius 3 is 2.53 bits per heavy atom. The van der Waals surface area contributed by atoms with Crippen molar-refractivity contribution in [2.75, 3.05) is 26.8 Å². The van der Waals surface area contributed by atoms with Crippen molar-refractivity contribution in [1.82, 2.24) is 4.90 Å². The first-order chi connectivity index (χ1) is 7.65. The first-order valence-corrected chi connectivity index (χ1v) is 6.17. The fourth-order valence-electron chi connectivity index (χ4n) is 2.20. The third kappa shape index (κ3) is 5.70. The van der Waals surface area contributed by atoms with Crippen LogP contribution in [0.1, 0.15) is 32.6 Å². The Labute approximate surface area is 110 Å². The lowest BCUT2D eigenvalue weighted by Crippen LogP contribution is -2.42. The molecule has 1 atom stereocenters. The Kier molecular flexibility index (Phi) is 8.56. The third-order valence-electron chi connectivity index (χ3n) is 3.37. The van der Waals surface area contributed by atoms with Gasteiger partial charge in [-0.1, -0.05) is 0 Å². The molecule has 4 nitrogen and oxygen atoms in total. The van der Waals surface area contributed by atoms with Crippen LogP contribution >= 0.6 is 12.4 Å². The minimum absolute atomic E-state index is 0. The number of halogens is 1. The molecule has 1 fully saturated rings. The van der Waals surface area contributed by atoms with E-state index in [4.69, 9.17) is 10.5 Å². The molecule has 1 aliphatic heterocycles. The van der Waals surface area contributed by atoms with Crippen LogP contribution in [0.15, 0.2) is 0 Å². The smallest absolute Gasteiger partial charge is 0.222 e. The highest BCUT2D eigenvalue weighted by Gasteiger charge is 2.24. The summed E-state index contributed by atoms with van der Waals surface area (Å²) in [5.74, 6) is 0.850. The van der Waals surface area contributed by atoms with E-state index in [-0.39, 0.29) is 24.4 Å². The highest BCUT2D eigenvalue weighted by Crippen LogP contribution is 2.20. The molecule has 5 heteroatoms. The summed E-state index contributed by atoms with van der Waals surface area (Å²) in [6.45, 7) is 4.47. The van der Waals surface area contributed by atoms with Crippen LogP contribution in [0.25, 0.3) is 0 Å². The van der Waals surface area contributed by atoms with Gasteiger partial charge < -0.3 is 15.4 Å². The molecule has 2 N–H and O–H groups in total. The maximum absolute atomic E-state index is 11.8. The summed E-state index contributed by atoms with van der Waals surface area (Å²) >= 11 is 0. The van der Waals surface area contributed by atoms with Crippen LogP contribution in [0, 0.1) is 5.92 Å². The molecule has 1 heterocycles. The summed E-state index contributed by atoms with van der Waals surface area (Å²) in [6, 6.07) is 0.255. The number of nitrogens with zero attached hydrogens (tertiary/aromatic N) is 1. The highest BCUT2D eigenvalue weighted by atomic mass is 35.5. The Hall–Kier alpha value is -0.320. The van der Waals surface area contributed by atoms with Crippen LogP contribution in [0.2, 0.25) is 0 Å². The van der Waals surface area contributed by atoms with Crippen molar-refractivity contribution in [1.29, 1.82) is 0 Å². The lowest BCUT2D eigenvalue weighted by atomic mass is 9.91. The Morgan fingerprint density at radius 2 is 2.06 bits per heavy atom. The van der Waals surface area contributed by atoms with E-state index in [2.05, 4.69) is 6.92 Å². The Bertz CT molecular complexity index is 217. The lowest BCUT2D eigenvalue weighted by Gasteiger charge is -2.33. The summed E-state index contributed by atoms with van der Waals surface area (Å²) in [5.41, 5.74) is 5.87. The number of nitrogens with two attached hydrogens (primary N) is 1. The van der Waals surface area contributed by atoms with E-state index in [0.29, 0.717) is 18.9 Å². The van der Waals surface area contributed by atoms with E-state index >= 15 is 0 Å². The molecule has 1 amide bonds. The topological polar surface area (TPSA) is 55.6 Å². The van der Waals surface area contributed by atoms with Crippen molar-refractivity contribution in [3.8, 4) is 0 Å². The van der Waals surface area contributed by atoms with E-state index in [1.807, 2.05) is 4.90 Å². The first-order valence-electron chi connectivity index (χ1n) is 6.17. The molecule has 0 saturated carbocycles. The molecular weight excluding hydrogens is 240 g/mol. The highest BCUT2D eigenvalue weighted by molar-refractivity contribution is 5.85. The average molecular weight is 265 g/mol. The maximum Gasteiger partial charge on any atom is 0.222 e. The molecule has 1 unspecified atom stereocenters. The van der Waals surface area contributed by atoms with Gasteiger partial charge in [-0.15, -0.1) is 12.4 Å². The van der Waals surface area contributed by atoms with E-state index in [9.17, 15) is 4.79 Å². The van der Waals surface area contributed by atoms with Crippen LogP contribution in [0.5, 0.6) is 0 Å². The number of hydrogen-bond donors (Lipinski definition) is 1. The van der Waals surface area contributed by atoms with E-state index in [0.717, 1.165) is 32.4 Å². The first kappa shape index (κ1) is 16.7. The quantitative estimate of drug-likeness (QED) is 0.764. The number of carbonyl (C=O) groups is 1. The zero-order valence-corrected chi connectivity index (χ0v) is 11.7. The molecule has 1 rings (SSSR count). The van der Waals surface area contributed by atoms with Gasteiger partial charge in [-0.25, -0.2) is 0 Å². The monoisotopic (exact) mass is 264 g/mol.